The maximum Gasteiger partial charge on any atom is 0.144 e. The Labute approximate surface area is 118 Å². The fourth-order valence-electron chi connectivity index (χ4n) is 1.77. The largest absolute Gasteiger partial charge is 0.409 e. The van der Waals surface area contributed by atoms with Crippen LogP contribution in [0, 0.1) is 12.3 Å². The van der Waals surface area contributed by atoms with Gasteiger partial charge in [0.15, 0.2) is 0 Å². The zero-order chi connectivity index (χ0) is 14.5. The Kier molecular flexibility index (Phi) is 5.75. The van der Waals surface area contributed by atoms with Crippen LogP contribution in [0.1, 0.15) is 50.4 Å². The van der Waals surface area contributed by atoms with E-state index in [1.54, 1.807) is 11.3 Å². The van der Waals surface area contributed by atoms with Crippen LogP contribution in [0.25, 0.3) is 0 Å². The third kappa shape index (κ3) is 4.80. The van der Waals surface area contributed by atoms with E-state index in [4.69, 9.17) is 10.9 Å². The fourth-order valence-corrected chi connectivity index (χ4v) is 2.60. The lowest BCUT2D eigenvalue weighted by Gasteiger charge is -2.23. The standard InChI is InChI=1S/C13H24N4OS/c1-9-8-19-11(16-9)10(2)15-7-5-6-13(3,4)12(14)17-18/h8,10,15,18H,5-7H2,1-4H3,(H2,14,17). The number of rotatable bonds is 7. The molecule has 19 heavy (non-hydrogen) atoms. The molecule has 0 saturated heterocycles. The number of nitrogens with two attached hydrogens (primary N) is 1. The molecule has 5 nitrogen and oxygen atoms in total. The van der Waals surface area contributed by atoms with Gasteiger partial charge in [0.05, 0.1) is 6.04 Å². The Morgan fingerprint density at radius 2 is 2.32 bits per heavy atom. The van der Waals surface area contributed by atoms with E-state index >= 15 is 0 Å². The van der Waals surface area contributed by atoms with Crippen molar-refractivity contribution in [3.05, 3.63) is 16.1 Å². The fraction of sp³-hybridized carbons (Fsp3) is 0.692. The number of aromatic nitrogens is 1. The SMILES string of the molecule is Cc1csc(C(C)NCCCC(C)(C)C(N)=NO)n1. The van der Waals surface area contributed by atoms with Crippen molar-refractivity contribution < 1.29 is 5.21 Å². The first-order valence-corrected chi connectivity index (χ1v) is 7.38. The van der Waals surface area contributed by atoms with Gasteiger partial charge in [-0.2, -0.15) is 0 Å². The molecule has 1 unspecified atom stereocenters. The Hall–Kier alpha value is -1.14. The normalized spacial score (nSPS) is 14.6. The van der Waals surface area contributed by atoms with Crippen LogP contribution in [0.15, 0.2) is 10.5 Å². The summed E-state index contributed by atoms with van der Waals surface area (Å²) in [6.07, 6.45) is 1.84. The quantitative estimate of drug-likeness (QED) is 0.236. The van der Waals surface area contributed by atoms with Gasteiger partial charge < -0.3 is 16.3 Å². The summed E-state index contributed by atoms with van der Waals surface area (Å²) in [5.74, 6) is 0.288. The van der Waals surface area contributed by atoms with Crippen LogP contribution in [0.5, 0.6) is 0 Å². The molecular weight excluding hydrogens is 260 g/mol. The van der Waals surface area contributed by atoms with Gasteiger partial charge in [-0.15, -0.1) is 11.3 Å². The number of hydrogen-bond donors (Lipinski definition) is 3. The van der Waals surface area contributed by atoms with Crippen molar-refractivity contribution >= 4 is 17.2 Å². The molecule has 0 bridgehead atoms. The molecule has 0 aliphatic heterocycles. The van der Waals surface area contributed by atoms with Crippen molar-refractivity contribution in [2.45, 2.75) is 46.6 Å². The van der Waals surface area contributed by atoms with Crippen LogP contribution in [0.2, 0.25) is 0 Å². The Bertz CT molecular complexity index is 428. The highest BCUT2D eigenvalue weighted by Gasteiger charge is 2.22. The number of oxime groups is 1. The van der Waals surface area contributed by atoms with E-state index in [0.717, 1.165) is 30.1 Å². The Morgan fingerprint density at radius 3 is 2.84 bits per heavy atom. The van der Waals surface area contributed by atoms with Crippen LogP contribution >= 0.6 is 11.3 Å². The summed E-state index contributed by atoms with van der Waals surface area (Å²) in [7, 11) is 0. The third-order valence-corrected chi connectivity index (χ3v) is 4.38. The second-order valence-corrected chi connectivity index (χ2v) is 6.37. The lowest BCUT2D eigenvalue weighted by Crippen LogP contribution is -2.32. The predicted octanol–water partition coefficient (Wildman–Crippen LogP) is 2.65. The van der Waals surface area contributed by atoms with Crippen molar-refractivity contribution in [1.82, 2.24) is 10.3 Å². The molecular formula is C13H24N4OS. The summed E-state index contributed by atoms with van der Waals surface area (Å²) in [4.78, 5) is 4.46. The number of hydrogen-bond acceptors (Lipinski definition) is 5. The lowest BCUT2D eigenvalue weighted by atomic mass is 9.86. The molecule has 0 fully saturated rings. The minimum absolute atomic E-state index is 0.266. The van der Waals surface area contributed by atoms with E-state index in [2.05, 4.69) is 27.8 Å². The molecule has 1 rings (SSSR count). The monoisotopic (exact) mass is 284 g/mol. The molecule has 0 saturated carbocycles. The topological polar surface area (TPSA) is 83.5 Å². The maximum absolute atomic E-state index is 8.71. The lowest BCUT2D eigenvalue weighted by molar-refractivity contribution is 0.304. The van der Waals surface area contributed by atoms with Gasteiger partial charge in [0, 0.05) is 16.5 Å². The van der Waals surface area contributed by atoms with Crippen molar-refractivity contribution in [2.75, 3.05) is 6.54 Å². The minimum Gasteiger partial charge on any atom is -0.409 e. The second kappa shape index (κ2) is 6.86. The van der Waals surface area contributed by atoms with Crippen LogP contribution < -0.4 is 11.1 Å². The smallest absolute Gasteiger partial charge is 0.144 e. The van der Waals surface area contributed by atoms with Gasteiger partial charge in [0.1, 0.15) is 10.8 Å². The van der Waals surface area contributed by atoms with Crippen molar-refractivity contribution in [3.8, 4) is 0 Å². The molecule has 0 aliphatic carbocycles. The highest BCUT2D eigenvalue weighted by Crippen LogP contribution is 2.22. The van der Waals surface area contributed by atoms with Crippen molar-refractivity contribution in [1.29, 1.82) is 0 Å². The van der Waals surface area contributed by atoms with Crippen molar-refractivity contribution in [2.24, 2.45) is 16.3 Å². The highest BCUT2D eigenvalue weighted by atomic mass is 32.1. The molecule has 1 atom stereocenters. The molecule has 0 spiro atoms. The van der Waals surface area contributed by atoms with Gasteiger partial charge >= 0.3 is 0 Å². The number of amidine groups is 1. The van der Waals surface area contributed by atoms with E-state index in [1.807, 2.05) is 20.8 Å². The summed E-state index contributed by atoms with van der Waals surface area (Å²) in [5, 5.41) is 18.4. The summed E-state index contributed by atoms with van der Waals surface area (Å²) in [5.41, 5.74) is 6.46. The second-order valence-electron chi connectivity index (χ2n) is 5.48. The molecule has 1 aromatic heterocycles. The molecule has 0 radical (unpaired) electrons. The average molecular weight is 284 g/mol. The molecule has 0 aliphatic rings. The van der Waals surface area contributed by atoms with Gasteiger partial charge in [0.2, 0.25) is 0 Å². The van der Waals surface area contributed by atoms with Gasteiger partial charge in [-0.3, -0.25) is 0 Å². The van der Waals surface area contributed by atoms with Crippen LogP contribution in [-0.2, 0) is 0 Å². The summed E-state index contributed by atoms with van der Waals surface area (Å²) >= 11 is 1.68. The Balaban J connectivity index is 2.31. The van der Waals surface area contributed by atoms with E-state index in [-0.39, 0.29) is 17.3 Å². The van der Waals surface area contributed by atoms with E-state index < -0.39 is 0 Å². The van der Waals surface area contributed by atoms with Gasteiger partial charge in [-0.05, 0) is 33.2 Å². The van der Waals surface area contributed by atoms with Gasteiger partial charge in [0.25, 0.3) is 0 Å². The molecule has 6 heteroatoms. The van der Waals surface area contributed by atoms with E-state index in [0.29, 0.717) is 0 Å². The Morgan fingerprint density at radius 1 is 1.63 bits per heavy atom. The summed E-state index contributed by atoms with van der Waals surface area (Å²) in [6.45, 7) is 8.98. The molecule has 108 valence electrons. The van der Waals surface area contributed by atoms with Crippen LogP contribution in [-0.4, -0.2) is 22.6 Å². The minimum atomic E-state index is -0.266. The first kappa shape index (κ1) is 15.9. The molecule has 1 heterocycles. The van der Waals surface area contributed by atoms with Crippen LogP contribution in [0.3, 0.4) is 0 Å². The van der Waals surface area contributed by atoms with E-state index in [9.17, 15) is 0 Å². The zero-order valence-corrected chi connectivity index (χ0v) is 12.9. The number of aryl methyl sites for hydroxylation is 1. The number of nitrogens with one attached hydrogen (secondary N) is 1. The predicted molar refractivity (Wildman–Crippen MR) is 79.7 cm³/mol. The molecule has 4 N–H and O–H groups in total. The van der Waals surface area contributed by atoms with Gasteiger partial charge in [-0.25, -0.2) is 4.98 Å². The average Bonchev–Trinajstić information content (AvgIpc) is 2.80. The van der Waals surface area contributed by atoms with Crippen molar-refractivity contribution in [3.63, 3.8) is 0 Å². The van der Waals surface area contributed by atoms with Crippen LogP contribution in [0.4, 0.5) is 0 Å². The third-order valence-electron chi connectivity index (χ3n) is 3.24. The summed E-state index contributed by atoms with van der Waals surface area (Å²) < 4.78 is 0. The van der Waals surface area contributed by atoms with E-state index in [1.165, 1.54) is 0 Å². The van der Waals surface area contributed by atoms with Gasteiger partial charge in [-0.1, -0.05) is 19.0 Å². The number of nitrogens with zero attached hydrogens (tertiary/aromatic N) is 2. The first-order valence-electron chi connectivity index (χ1n) is 6.50. The molecule has 0 amide bonds. The first-order chi connectivity index (χ1) is 8.86. The molecule has 0 aromatic carbocycles. The zero-order valence-electron chi connectivity index (χ0n) is 12.1. The summed E-state index contributed by atoms with van der Waals surface area (Å²) in [6, 6.07) is 0.269. The molecule has 1 aromatic rings. The highest BCUT2D eigenvalue weighted by molar-refractivity contribution is 7.09. The maximum atomic E-state index is 8.71. The number of thiazole rings is 1.